The van der Waals surface area contributed by atoms with Gasteiger partial charge in [0, 0.05) is 17.7 Å². The number of rotatable bonds is 3. The molecule has 0 unspecified atom stereocenters. The molecule has 0 saturated heterocycles. The molecule has 1 rings (SSSR count). The molecule has 0 aromatic carbocycles. The average Bonchev–Trinajstić information content (AvgIpc) is 2.58. The molecule has 14 heavy (non-hydrogen) atoms. The van der Waals surface area contributed by atoms with Gasteiger partial charge in [-0.15, -0.1) is 11.3 Å². The monoisotopic (exact) mass is 215 g/mol. The Hall–Kier alpha value is -1.69. The number of hydrogen-bond acceptors (Lipinski definition) is 4. The van der Waals surface area contributed by atoms with Crippen molar-refractivity contribution >= 4 is 23.3 Å². The van der Waals surface area contributed by atoms with Crippen LogP contribution in [-0.4, -0.2) is 27.1 Å². The molecule has 1 heterocycles. The molecule has 1 aromatic heterocycles. The first kappa shape index (κ1) is 12.3. The zero-order chi connectivity index (χ0) is 10.8. The van der Waals surface area contributed by atoms with E-state index in [1.54, 1.807) is 23.0 Å². The Balaban J connectivity index is 0.000000280. The number of hydrogen-bond donors (Lipinski definition) is 2. The summed E-state index contributed by atoms with van der Waals surface area (Å²) in [5, 5.41) is 17.9. The van der Waals surface area contributed by atoms with Gasteiger partial charge >= 0.3 is 11.9 Å². The summed E-state index contributed by atoms with van der Waals surface area (Å²) in [7, 11) is 0. The van der Waals surface area contributed by atoms with Gasteiger partial charge in [0.1, 0.15) is 0 Å². The highest BCUT2D eigenvalue weighted by Gasteiger charge is 1.90. The van der Waals surface area contributed by atoms with Crippen LogP contribution >= 0.6 is 11.3 Å². The minimum Gasteiger partial charge on any atom is -0.481 e. The molecule has 0 atom stereocenters. The normalized spacial score (nSPS) is 9.14. The molecule has 0 aliphatic rings. The lowest BCUT2D eigenvalue weighted by Gasteiger charge is -1.79. The highest BCUT2D eigenvalue weighted by atomic mass is 32.1. The maximum atomic E-state index is 9.74. The second-order valence-corrected chi connectivity index (χ2v) is 2.77. The molecule has 0 radical (unpaired) electrons. The number of aliphatic carboxylic acids is 2. The lowest BCUT2D eigenvalue weighted by atomic mass is 10.4. The van der Waals surface area contributed by atoms with Crippen LogP contribution in [0.3, 0.4) is 0 Å². The third kappa shape index (κ3) is 10.3. The summed E-state index contributed by atoms with van der Waals surface area (Å²) in [6.07, 6.45) is 3.40. The first-order chi connectivity index (χ1) is 6.63. The second kappa shape index (κ2) is 7.93. The minimum atomic E-state index is -1.13. The summed E-state index contributed by atoms with van der Waals surface area (Å²) in [5.74, 6) is -2.16. The van der Waals surface area contributed by atoms with Gasteiger partial charge in [-0.25, -0.2) is 4.79 Å². The van der Waals surface area contributed by atoms with Crippen molar-refractivity contribution in [2.24, 2.45) is 0 Å². The summed E-state index contributed by atoms with van der Waals surface area (Å²) in [5.41, 5.74) is 1.79. The van der Waals surface area contributed by atoms with Crippen molar-refractivity contribution in [3.8, 4) is 0 Å². The van der Waals surface area contributed by atoms with E-state index in [-0.39, 0.29) is 6.42 Å². The van der Waals surface area contributed by atoms with Gasteiger partial charge in [-0.3, -0.25) is 9.78 Å². The lowest BCUT2D eigenvalue weighted by Crippen LogP contribution is -1.92. The number of carboxylic acid groups (broad SMARTS) is 2. The molecule has 0 fully saturated rings. The summed E-state index contributed by atoms with van der Waals surface area (Å²) < 4.78 is 0. The Morgan fingerprint density at radius 2 is 2.14 bits per heavy atom. The van der Waals surface area contributed by atoms with E-state index in [0.29, 0.717) is 0 Å². The fourth-order valence-electron chi connectivity index (χ4n) is 0.436. The molecule has 0 spiro atoms. The van der Waals surface area contributed by atoms with Crippen molar-refractivity contribution in [3.63, 3.8) is 0 Å². The van der Waals surface area contributed by atoms with Crippen molar-refractivity contribution in [2.45, 2.75) is 6.42 Å². The minimum absolute atomic E-state index is 0.244. The standard InChI is InChI=1S/C5H6O4.C3H3NS/c6-4(7)2-1-3-5(8)9;1-2-5-3-4-1/h1-2H,3H2,(H,6,7)(H,8,9);1-3H/b2-1+;. The largest absolute Gasteiger partial charge is 0.481 e. The fraction of sp³-hybridized carbons (Fsp3) is 0.125. The highest BCUT2D eigenvalue weighted by Crippen LogP contribution is 1.85. The second-order valence-electron chi connectivity index (χ2n) is 2.01. The predicted octanol–water partition coefficient (Wildman–Crippen LogP) is 1.25. The average molecular weight is 215 g/mol. The number of aromatic nitrogens is 1. The van der Waals surface area contributed by atoms with Crippen LogP contribution < -0.4 is 0 Å². The third-order valence-corrected chi connectivity index (χ3v) is 1.42. The van der Waals surface area contributed by atoms with E-state index in [1.807, 2.05) is 5.38 Å². The molecule has 5 nitrogen and oxygen atoms in total. The van der Waals surface area contributed by atoms with Crippen molar-refractivity contribution in [3.05, 3.63) is 29.2 Å². The number of carboxylic acids is 2. The molecular formula is C8H9NO4S. The van der Waals surface area contributed by atoms with Crippen LogP contribution in [0.15, 0.2) is 29.2 Å². The maximum absolute atomic E-state index is 9.74. The fourth-order valence-corrected chi connectivity index (χ4v) is 0.788. The van der Waals surface area contributed by atoms with E-state index >= 15 is 0 Å². The first-order valence-electron chi connectivity index (χ1n) is 3.56. The molecular weight excluding hydrogens is 206 g/mol. The smallest absolute Gasteiger partial charge is 0.327 e. The van der Waals surface area contributed by atoms with Crippen LogP contribution in [0.2, 0.25) is 0 Å². The number of nitrogens with zero attached hydrogens (tertiary/aromatic N) is 1. The van der Waals surface area contributed by atoms with Crippen LogP contribution in [0.25, 0.3) is 0 Å². The van der Waals surface area contributed by atoms with Crippen LogP contribution in [-0.2, 0) is 9.59 Å². The van der Waals surface area contributed by atoms with Crippen molar-refractivity contribution in [1.82, 2.24) is 4.98 Å². The van der Waals surface area contributed by atoms with E-state index in [1.165, 1.54) is 0 Å². The summed E-state index contributed by atoms with van der Waals surface area (Å²) in [6, 6.07) is 0. The van der Waals surface area contributed by atoms with E-state index in [0.717, 1.165) is 12.2 Å². The molecule has 0 aliphatic heterocycles. The molecule has 0 saturated carbocycles. The molecule has 0 aliphatic carbocycles. The first-order valence-corrected chi connectivity index (χ1v) is 4.50. The van der Waals surface area contributed by atoms with E-state index < -0.39 is 11.9 Å². The zero-order valence-corrected chi connectivity index (χ0v) is 7.98. The topological polar surface area (TPSA) is 87.5 Å². The zero-order valence-electron chi connectivity index (χ0n) is 7.16. The Bertz CT molecular complexity index is 277. The van der Waals surface area contributed by atoms with Crippen molar-refractivity contribution in [2.75, 3.05) is 0 Å². The Morgan fingerprint density at radius 1 is 1.43 bits per heavy atom. The summed E-state index contributed by atoms with van der Waals surface area (Å²) in [4.78, 5) is 23.2. The van der Waals surface area contributed by atoms with E-state index in [9.17, 15) is 9.59 Å². The van der Waals surface area contributed by atoms with Gasteiger partial charge in [0.05, 0.1) is 11.9 Å². The van der Waals surface area contributed by atoms with Gasteiger partial charge < -0.3 is 10.2 Å². The van der Waals surface area contributed by atoms with Gasteiger partial charge in [-0.2, -0.15) is 0 Å². The number of carbonyl (C=O) groups is 2. The van der Waals surface area contributed by atoms with Crippen LogP contribution in [0.5, 0.6) is 0 Å². The lowest BCUT2D eigenvalue weighted by molar-refractivity contribution is -0.136. The van der Waals surface area contributed by atoms with Gasteiger partial charge in [-0.05, 0) is 0 Å². The summed E-state index contributed by atoms with van der Waals surface area (Å²) >= 11 is 1.60. The number of thiazole rings is 1. The SMILES string of the molecule is O=C(O)/C=C/CC(=O)O.c1cscn1. The Labute approximate surface area is 84.3 Å². The predicted molar refractivity (Wildman–Crippen MR) is 51.1 cm³/mol. The van der Waals surface area contributed by atoms with Crippen LogP contribution in [0, 0.1) is 0 Å². The van der Waals surface area contributed by atoms with E-state index in [2.05, 4.69) is 4.98 Å². The molecule has 76 valence electrons. The van der Waals surface area contributed by atoms with Gasteiger partial charge in [-0.1, -0.05) is 6.08 Å². The molecule has 6 heteroatoms. The van der Waals surface area contributed by atoms with Crippen LogP contribution in [0.4, 0.5) is 0 Å². The molecule has 0 bridgehead atoms. The third-order valence-electron chi connectivity index (χ3n) is 0.900. The quantitative estimate of drug-likeness (QED) is 0.741. The van der Waals surface area contributed by atoms with Crippen molar-refractivity contribution < 1.29 is 19.8 Å². The Kier molecular flexibility index (Phi) is 6.98. The van der Waals surface area contributed by atoms with Gasteiger partial charge in [0.25, 0.3) is 0 Å². The Morgan fingerprint density at radius 3 is 2.43 bits per heavy atom. The van der Waals surface area contributed by atoms with E-state index in [4.69, 9.17) is 10.2 Å². The van der Waals surface area contributed by atoms with Crippen molar-refractivity contribution in [1.29, 1.82) is 0 Å². The highest BCUT2D eigenvalue weighted by molar-refractivity contribution is 7.07. The van der Waals surface area contributed by atoms with Gasteiger partial charge in [0.15, 0.2) is 0 Å². The van der Waals surface area contributed by atoms with Crippen LogP contribution in [0.1, 0.15) is 6.42 Å². The molecule has 0 amide bonds. The maximum Gasteiger partial charge on any atom is 0.327 e. The summed E-state index contributed by atoms with van der Waals surface area (Å²) in [6.45, 7) is 0. The van der Waals surface area contributed by atoms with Gasteiger partial charge in [0.2, 0.25) is 0 Å². The molecule has 1 aromatic rings. The molecule has 2 N–H and O–H groups in total.